The topological polar surface area (TPSA) is 64.2 Å². The monoisotopic (exact) mass is 520 g/mol. The lowest BCUT2D eigenvalue weighted by Gasteiger charge is -2.17. The van der Waals surface area contributed by atoms with Crippen LogP contribution in [-0.2, 0) is 6.42 Å². The predicted octanol–water partition coefficient (Wildman–Crippen LogP) is 6.45. The molecule has 4 aromatic rings. The van der Waals surface area contributed by atoms with Gasteiger partial charge >= 0.3 is 0 Å². The number of aromatic nitrogens is 2. The molecule has 0 aliphatic rings. The van der Waals surface area contributed by atoms with Crippen molar-refractivity contribution in [1.29, 1.82) is 0 Å². The van der Waals surface area contributed by atoms with Crippen LogP contribution in [0.25, 0.3) is 22.0 Å². The quantitative estimate of drug-likeness (QED) is 0.102. The molecule has 5 heteroatoms. The molecule has 1 heterocycles. The van der Waals surface area contributed by atoms with Gasteiger partial charge < -0.3 is 15.3 Å². The van der Waals surface area contributed by atoms with Crippen molar-refractivity contribution in [1.82, 2.24) is 20.4 Å². The summed E-state index contributed by atoms with van der Waals surface area (Å²) in [5, 5.41) is 20.9. The van der Waals surface area contributed by atoms with Crippen LogP contribution in [-0.4, -0.2) is 53.5 Å². The lowest BCUT2D eigenvalue weighted by atomic mass is 9.87. The average Bonchev–Trinajstić information content (AvgIpc) is 3.44. The van der Waals surface area contributed by atoms with Gasteiger partial charge in [-0.2, -0.15) is 5.10 Å². The van der Waals surface area contributed by atoms with Crippen molar-refractivity contribution in [3.05, 3.63) is 126 Å². The van der Waals surface area contributed by atoms with Crippen LogP contribution in [0.1, 0.15) is 42.0 Å². The molecule has 0 saturated carbocycles. The second kappa shape index (κ2) is 14.3. The van der Waals surface area contributed by atoms with Gasteiger partial charge in [-0.3, -0.25) is 5.10 Å². The number of aliphatic hydroxyl groups is 1. The van der Waals surface area contributed by atoms with Crippen molar-refractivity contribution in [2.45, 2.75) is 26.2 Å². The van der Waals surface area contributed by atoms with E-state index in [-0.39, 0.29) is 6.61 Å². The number of rotatable bonds is 14. The minimum absolute atomic E-state index is 0.133. The average molecular weight is 521 g/mol. The molecule has 1 aromatic heterocycles. The Morgan fingerprint density at radius 3 is 2.54 bits per heavy atom. The number of hydrogen-bond acceptors (Lipinski definition) is 4. The first-order valence-corrected chi connectivity index (χ1v) is 13.8. The van der Waals surface area contributed by atoms with Crippen LogP contribution >= 0.6 is 0 Å². The zero-order valence-electron chi connectivity index (χ0n) is 23.2. The van der Waals surface area contributed by atoms with E-state index in [0.29, 0.717) is 6.54 Å². The van der Waals surface area contributed by atoms with Gasteiger partial charge in [-0.25, -0.2) is 0 Å². The number of fused-ring (bicyclic) bond motifs is 1. The highest BCUT2D eigenvalue weighted by Crippen LogP contribution is 2.35. The highest BCUT2D eigenvalue weighted by atomic mass is 16.3. The van der Waals surface area contributed by atoms with E-state index in [4.69, 9.17) is 5.11 Å². The highest BCUT2D eigenvalue weighted by molar-refractivity contribution is 6.00. The molecule has 5 nitrogen and oxygen atoms in total. The second-order valence-electron chi connectivity index (χ2n) is 9.79. The summed E-state index contributed by atoms with van der Waals surface area (Å²) in [6, 6.07) is 26.3. The Bertz CT molecular complexity index is 1400. The Labute approximate surface area is 232 Å². The van der Waals surface area contributed by atoms with E-state index in [0.717, 1.165) is 49.0 Å². The minimum atomic E-state index is 0.133. The number of aromatic amines is 1. The van der Waals surface area contributed by atoms with Gasteiger partial charge in [0.15, 0.2) is 0 Å². The maximum Gasteiger partial charge on any atom is 0.0650 e. The summed E-state index contributed by atoms with van der Waals surface area (Å²) in [6.45, 7) is 8.74. The summed E-state index contributed by atoms with van der Waals surface area (Å²) in [7, 11) is 1.93. The van der Waals surface area contributed by atoms with Gasteiger partial charge in [0.25, 0.3) is 0 Å². The number of aryl methyl sites for hydroxylation is 1. The van der Waals surface area contributed by atoms with Crippen LogP contribution in [0.4, 0.5) is 0 Å². The van der Waals surface area contributed by atoms with Gasteiger partial charge in [-0.15, -0.1) is 0 Å². The van der Waals surface area contributed by atoms with Crippen molar-refractivity contribution >= 4 is 22.0 Å². The second-order valence-corrected chi connectivity index (χ2v) is 9.79. The molecular formula is C34H40N4O. The Kier molecular flexibility index (Phi) is 10.3. The van der Waals surface area contributed by atoms with Crippen LogP contribution in [0, 0.1) is 0 Å². The first-order chi connectivity index (χ1) is 19.1. The summed E-state index contributed by atoms with van der Waals surface area (Å²) in [5.74, 6) is 0. The number of likely N-dealkylation sites (N-methyl/N-ethyl adjacent to an activating group) is 1. The van der Waals surface area contributed by atoms with Crippen LogP contribution in [0.2, 0.25) is 0 Å². The zero-order valence-corrected chi connectivity index (χ0v) is 23.2. The van der Waals surface area contributed by atoms with E-state index in [9.17, 15) is 0 Å². The Balaban J connectivity index is 1.44. The molecule has 0 spiro atoms. The molecule has 0 bridgehead atoms. The molecule has 0 aliphatic heterocycles. The number of nitrogens with zero attached hydrogens (tertiary/aromatic N) is 2. The normalized spacial score (nSPS) is 12.2. The molecule has 0 unspecified atom stereocenters. The standard InChI is InChI=1S/C34H40N4O/c1-4-32(28-12-6-5-7-13-28)34(30-18-19-33-31(24-30)25-36-37-33)29-16-14-27(15-17-29)11-9-21-35-20-8-10-26(2)38(3)22-23-39/h5-8,10,12-19,24-25,35,39H,2,4,9,11,20-23H2,1,3H3,(H,36,37)/b10-8+,34-32+. The number of H-pyrrole nitrogens is 1. The first-order valence-electron chi connectivity index (χ1n) is 13.8. The van der Waals surface area contributed by atoms with Crippen LogP contribution in [0.5, 0.6) is 0 Å². The fourth-order valence-corrected chi connectivity index (χ4v) is 4.83. The summed E-state index contributed by atoms with van der Waals surface area (Å²) in [5.41, 5.74) is 9.62. The molecule has 3 N–H and O–H groups in total. The largest absolute Gasteiger partial charge is 0.395 e. The zero-order chi connectivity index (χ0) is 27.5. The van der Waals surface area contributed by atoms with Crippen LogP contribution in [0.15, 0.2) is 103 Å². The van der Waals surface area contributed by atoms with E-state index in [2.05, 4.69) is 108 Å². The molecule has 0 atom stereocenters. The SMILES string of the molecule is C=C(/C=C/CNCCCc1ccc(/C(=C(/CC)c2ccccc2)c2ccc3[nH]ncc3c2)cc1)N(C)CCO. The lowest BCUT2D eigenvalue weighted by molar-refractivity contribution is 0.249. The van der Waals surface area contributed by atoms with Crippen molar-refractivity contribution in [2.24, 2.45) is 0 Å². The Morgan fingerprint density at radius 1 is 1.03 bits per heavy atom. The molecule has 3 aromatic carbocycles. The van der Waals surface area contributed by atoms with Gasteiger partial charge in [0.2, 0.25) is 0 Å². The predicted molar refractivity (Wildman–Crippen MR) is 164 cm³/mol. The van der Waals surface area contributed by atoms with E-state index in [1.54, 1.807) is 0 Å². The van der Waals surface area contributed by atoms with Crippen molar-refractivity contribution in [3.63, 3.8) is 0 Å². The Morgan fingerprint density at radius 2 is 1.79 bits per heavy atom. The molecule has 0 amide bonds. The third kappa shape index (κ3) is 7.56. The van der Waals surface area contributed by atoms with Gasteiger partial charge in [0.1, 0.15) is 0 Å². The number of benzene rings is 3. The van der Waals surface area contributed by atoms with E-state index >= 15 is 0 Å². The summed E-state index contributed by atoms with van der Waals surface area (Å²) in [6.07, 6.45) is 9.01. The van der Waals surface area contributed by atoms with E-state index in [1.165, 1.54) is 33.4 Å². The molecule has 0 radical (unpaired) electrons. The number of hydrogen-bond donors (Lipinski definition) is 3. The van der Waals surface area contributed by atoms with E-state index < -0.39 is 0 Å². The minimum Gasteiger partial charge on any atom is -0.395 e. The maximum absolute atomic E-state index is 9.03. The van der Waals surface area contributed by atoms with Gasteiger partial charge in [-0.1, -0.05) is 80.2 Å². The van der Waals surface area contributed by atoms with Crippen LogP contribution in [0.3, 0.4) is 0 Å². The number of nitrogens with one attached hydrogen (secondary N) is 2. The molecule has 0 fully saturated rings. The Hall–Kier alpha value is -3.93. The third-order valence-electron chi connectivity index (χ3n) is 7.07. The molecule has 0 aliphatic carbocycles. The number of allylic oxidation sites excluding steroid dienone is 2. The summed E-state index contributed by atoms with van der Waals surface area (Å²) < 4.78 is 0. The van der Waals surface area contributed by atoms with Gasteiger partial charge in [-0.05, 0) is 77.4 Å². The smallest absolute Gasteiger partial charge is 0.0650 e. The summed E-state index contributed by atoms with van der Waals surface area (Å²) >= 11 is 0. The highest BCUT2D eigenvalue weighted by Gasteiger charge is 2.14. The van der Waals surface area contributed by atoms with Gasteiger partial charge in [0.05, 0.1) is 18.3 Å². The van der Waals surface area contributed by atoms with Crippen molar-refractivity contribution < 1.29 is 5.11 Å². The molecular weight excluding hydrogens is 480 g/mol. The van der Waals surface area contributed by atoms with Crippen LogP contribution < -0.4 is 5.32 Å². The fraction of sp³-hybridized carbons (Fsp3) is 0.265. The maximum atomic E-state index is 9.03. The first kappa shape index (κ1) is 28.1. The molecule has 202 valence electrons. The number of aliphatic hydroxyl groups excluding tert-OH is 1. The summed E-state index contributed by atoms with van der Waals surface area (Å²) in [4.78, 5) is 1.94. The van der Waals surface area contributed by atoms with E-state index in [1.807, 2.05) is 24.2 Å². The molecule has 0 saturated heterocycles. The molecule has 4 rings (SSSR count). The van der Waals surface area contributed by atoms with Crippen molar-refractivity contribution in [3.8, 4) is 0 Å². The molecule has 39 heavy (non-hydrogen) atoms. The fourth-order valence-electron chi connectivity index (χ4n) is 4.83. The van der Waals surface area contributed by atoms with Gasteiger partial charge in [0, 0.05) is 31.2 Å². The lowest BCUT2D eigenvalue weighted by Crippen LogP contribution is -2.20. The van der Waals surface area contributed by atoms with Crippen molar-refractivity contribution in [2.75, 3.05) is 33.3 Å². The third-order valence-corrected chi connectivity index (χ3v) is 7.07.